The number of carbonyl (C=O) groups is 2. The molecule has 0 aliphatic carbocycles. The minimum absolute atomic E-state index is 0. The van der Waals surface area contributed by atoms with Crippen molar-refractivity contribution in [2.75, 3.05) is 11.6 Å². The number of halogens is 3. The van der Waals surface area contributed by atoms with Crippen molar-refractivity contribution in [3.05, 3.63) is 63.1 Å². The summed E-state index contributed by atoms with van der Waals surface area (Å²) in [6, 6.07) is 10.5. The Kier molecular flexibility index (Phi) is 9.01. The van der Waals surface area contributed by atoms with Crippen molar-refractivity contribution >= 4 is 53.2 Å². The fourth-order valence-electron chi connectivity index (χ4n) is 3.94. The Bertz CT molecular complexity index is 938. The number of amides is 1. The van der Waals surface area contributed by atoms with Gasteiger partial charge in [-0.3, -0.25) is 15.2 Å². The molecule has 3 rings (SSSR count). The lowest BCUT2D eigenvalue weighted by Crippen LogP contribution is -2.54. The van der Waals surface area contributed by atoms with Crippen molar-refractivity contribution in [1.29, 1.82) is 0 Å². The maximum Gasteiger partial charge on any atom is 0.328 e. The Morgan fingerprint density at radius 2 is 1.87 bits per heavy atom. The molecule has 4 N–H and O–H groups in total. The van der Waals surface area contributed by atoms with Gasteiger partial charge in [0, 0.05) is 28.5 Å². The Labute approximate surface area is 198 Å². The molecule has 0 bridgehead atoms. The molecule has 0 fully saturated rings. The number of fused-ring (bicyclic) bond motifs is 1. The van der Waals surface area contributed by atoms with E-state index in [9.17, 15) is 14.7 Å². The van der Waals surface area contributed by atoms with Crippen molar-refractivity contribution < 1.29 is 14.7 Å². The second-order valence-corrected chi connectivity index (χ2v) is 8.33. The molecule has 1 heterocycles. The highest BCUT2D eigenvalue weighted by Crippen LogP contribution is 2.46. The fourth-order valence-corrected chi connectivity index (χ4v) is 4.56. The molecule has 168 valence electrons. The van der Waals surface area contributed by atoms with Crippen molar-refractivity contribution in [2.45, 2.75) is 44.6 Å². The summed E-state index contributed by atoms with van der Waals surface area (Å²) in [6.07, 6.45) is 3.21. The number of anilines is 1. The zero-order valence-electron chi connectivity index (χ0n) is 17.1. The van der Waals surface area contributed by atoms with E-state index in [0.29, 0.717) is 22.3 Å². The first kappa shape index (κ1) is 25.3. The zero-order chi connectivity index (χ0) is 21.8. The lowest BCUT2D eigenvalue weighted by atomic mass is 9.81. The van der Waals surface area contributed by atoms with Gasteiger partial charge in [-0.2, -0.15) is 0 Å². The van der Waals surface area contributed by atoms with Crippen LogP contribution in [0.4, 0.5) is 5.69 Å². The first-order valence-corrected chi connectivity index (χ1v) is 10.6. The summed E-state index contributed by atoms with van der Waals surface area (Å²) in [6.45, 7) is 2.01. The van der Waals surface area contributed by atoms with Crippen molar-refractivity contribution in [2.24, 2.45) is 5.73 Å². The fraction of sp³-hybridized carbons (Fsp3) is 0.364. The monoisotopic (exact) mass is 485 g/mol. The van der Waals surface area contributed by atoms with E-state index in [0.717, 1.165) is 30.4 Å². The molecule has 31 heavy (non-hydrogen) atoms. The number of unbranched alkanes of at least 4 members (excludes halogenated alkanes) is 1. The third kappa shape index (κ3) is 5.83. The number of aliphatic carboxylic acids is 1. The molecular formula is C22H26Cl3N3O3. The third-order valence-electron chi connectivity index (χ3n) is 5.32. The van der Waals surface area contributed by atoms with Crippen LogP contribution in [0.1, 0.15) is 48.8 Å². The van der Waals surface area contributed by atoms with Crippen LogP contribution >= 0.6 is 35.6 Å². The zero-order valence-corrected chi connectivity index (χ0v) is 19.4. The van der Waals surface area contributed by atoms with Gasteiger partial charge in [0.2, 0.25) is 5.91 Å². The predicted molar refractivity (Wildman–Crippen MR) is 126 cm³/mol. The Morgan fingerprint density at radius 1 is 1.19 bits per heavy atom. The van der Waals surface area contributed by atoms with Crippen LogP contribution in [0.5, 0.6) is 0 Å². The van der Waals surface area contributed by atoms with Gasteiger partial charge < -0.3 is 10.8 Å². The lowest BCUT2D eigenvalue weighted by molar-refractivity contribution is -0.139. The van der Waals surface area contributed by atoms with Gasteiger partial charge in [0.15, 0.2) is 0 Å². The Hall–Kier alpha value is -1.99. The highest BCUT2D eigenvalue weighted by molar-refractivity contribution is 6.35. The van der Waals surface area contributed by atoms with E-state index in [4.69, 9.17) is 28.9 Å². The van der Waals surface area contributed by atoms with Crippen molar-refractivity contribution in [1.82, 2.24) is 5.43 Å². The molecule has 1 aliphatic heterocycles. The van der Waals surface area contributed by atoms with E-state index in [-0.39, 0.29) is 30.7 Å². The molecule has 2 aromatic rings. The number of hydrazine groups is 1. The van der Waals surface area contributed by atoms with Crippen LogP contribution in [-0.2, 0) is 16.0 Å². The van der Waals surface area contributed by atoms with Gasteiger partial charge in [0.25, 0.3) is 0 Å². The highest BCUT2D eigenvalue weighted by atomic mass is 35.5. The van der Waals surface area contributed by atoms with Gasteiger partial charge in [-0.15, -0.1) is 12.4 Å². The molecule has 9 heteroatoms. The molecule has 0 aromatic heterocycles. The number of aryl methyl sites for hydroxylation is 1. The number of carboxylic acid groups (broad SMARTS) is 1. The van der Waals surface area contributed by atoms with E-state index in [2.05, 4.69) is 17.6 Å². The number of nitrogens with two attached hydrogens (primary N) is 1. The molecule has 6 nitrogen and oxygen atoms in total. The summed E-state index contributed by atoms with van der Waals surface area (Å²) in [7, 11) is 0. The van der Waals surface area contributed by atoms with Crippen LogP contribution in [0.25, 0.3) is 0 Å². The molecule has 1 amide bonds. The van der Waals surface area contributed by atoms with Gasteiger partial charge >= 0.3 is 5.97 Å². The minimum Gasteiger partial charge on any atom is -0.480 e. The van der Waals surface area contributed by atoms with Crippen LogP contribution in [-0.4, -0.2) is 29.6 Å². The van der Waals surface area contributed by atoms with Gasteiger partial charge in [0.1, 0.15) is 6.04 Å². The standard InChI is InChI=1S/C22H25Cl2N3O3.ClH/c1-13(28)26-27-19-11-16(23)10-18(24)21(19)17(12-20(27)22(29)30)15-7-5-14(6-8-15)4-2-3-9-25;/h5-8,10-11,17,20H,2-4,9,12,25H2,1H3,(H,26,28)(H,29,30);1H/t17-,20-;/m1./s1. The molecule has 0 unspecified atom stereocenters. The number of benzene rings is 2. The average Bonchev–Trinajstić information content (AvgIpc) is 2.68. The molecule has 2 atom stereocenters. The van der Waals surface area contributed by atoms with E-state index >= 15 is 0 Å². The van der Waals surface area contributed by atoms with Crippen LogP contribution < -0.4 is 16.2 Å². The molecule has 0 saturated heterocycles. The van der Waals surface area contributed by atoms with E-state index in [1.807, 2.05) is 12.1 Å². The molecule has 0 spiro atoms. The number of nitrogens with one attached hydrogen (secondary N) is 1. The van der Waals surface area contributed by atoms with Gasteiger partial charge in [0.05, 0.1) is 5.69 Å². The molecule has 0 radical (unpaired) electrons. The number of hydrogen-bond donors (Lipinski definition) is 3. The molecule has 0 saturated carbocycles. The topological polar surface area (TPSA) is 95.7 Å². The maximum absolute atomic E-state index is 12.0. The van der Waals surface area contributed by atoms with Crippen LogP contribution in [0.2, 0.25) is 10.0 Å². The summed E-state index contributed by atoms with van der Waals surface area (Å²) in [5.41, 5.74) is 11.6. The third-order valence-corrected chi connectivity index (χ3v) is 5.85. The SMILES string of the molecule is CC(=O)NN1c2cc(Cl)cc(Cl)c2[C@@H](c2ccc(CCCCN)cc2)C[C@@H]1C(=O)O.Cl. The number of carboxylic acids is 1. The Balaban J connectivity index is 0.00000341. The maximum atomic E-state index is 12.0. The Morgan fingerprint density at radius 3 is 2.45 bits per heavy atom. The van der Waals surface area contributed by atoms with Crippen LogP contribution in [0.15, 0.2) is 36.4 Å². The van der Waals surface area contributed by atoms with E-state index < -0.39 is 12.0 Å². The summed E-state index contributed by atoms with van der Waals surface area (Å²) in [4.78, 5) is 23.8. The first-order chi connectivity index (χ1) is 14.3. The summed E-state index contributed by atoms with van der Waals surface area (Å²) in [5, 5.41) is 12.0. The van der Waals surface area contributed by atoms with Crippen molar-refractivity contribution in [3.63, 3.8) is 0 Å². The van der Waals surface area contributed by atoms with Crippen LogP contribution in [0.3, 0.4) is 0 Å². The van der Waals surface area contributed by atoms with Gasteiger partial charge in [-0.25, -0.2) is 4.79 Å². The minimum atomic E-state index is -1.03. The number of hydrogen-bond acceptors (Lipinski definition) is 4. The lowest BCUT2D eigenvalue weighted by Gasteiger charge is -2.40. The second kappa shape index (κ2) is 11.0. The predicted octanol–water partition coefficient (Wildman–Crippen LogP) is 4.54. The second-order valence-electron chi connectivity index (χ2n) is 7.49. The normalized spacial score (nSPS) is 17.5. The first-order valence-electron chi connectivity index (χ1n) is 9.89. The number of rotatable bonds is 7. The van der Waals surface area contributed by atoms with Crippen LogP contribution in [0, 0.1) is 0 Å². The van der Waals surface area contributed by atoms with E-state index in [1.165, 1.54) is 17.5 Å². The summed E-state index contributed by atoms with van der Waals surface area (Å²) < 4.78 is 0. The quantitative estimate of drug-likeness (QED) is 0.499. The number of carbonyl (C=O) groups excluding carboxylic acids is 1. The molecule has 2 aromatic carbocycles. The molecular weight excluding hydrogens is 461 g/mol. The number of nitrogens with zero attached hydrogens (tertiary/aromatic N) is 1. The van der Waals surface area contributed by atoms with E-state index in [1.54, 1.807) is 12.1 Å². The summed E-state index contributed by atoms with van der Waals surface area (Å²) >= 11 is 12.8. The highest BCUT2D eigenvalue weighted by Gasteiger charge is 2.39. The van der Waals surface area contributed by atoms with Gasteiger partial charge in [-0.05, 0) is 55.5 Å². The molecule has 1 aliphatic rings. The van der Waals surface area contributed by atoms with Gasteiger partial charge in [-0.1, -0.05) is 47.5 Å². The average molecular weight is 487 g/mol. The largest absolute Gasteiger partial charge is 0.480 e. The summed E-state index contributed by atoms with van der Waals surface area (Å²) in [5.74, 6) is -1.65. The van der Waals surface area contributed by atoms with Crippen molar-refractivity contribution in [3.8, 4) is 0 Å². The smallest absolute Gasteiger partial charge is 0.328 e.